The highest BCUT2D eigenvalue weighted by atomic mass is 19.3. The van der Waals surface area contributed by atoms with Crippen molar-refractivity contribution in [3.63, 3.8) is 0 Å². The molecule has 1 aromatic carbocycles. The van der Waals surface area contributed by atoms with Gasteiger partial charge in [-0.3, -0.25) is 15.0 Å². The van der Waals surface area contributed by atoms with E-state index in [4.69, 9.17) is 0 Å². The molecule has 1 unspecified atom stereocenters. The predicted octanol–water partition coefficient (Wildman–Crippen LogP) is 3.06. The lowest BCUT2D eigenvalue weighted by Crippen LogP contribution is -2.40. The summed E-state index contributed by atoms with van der Waals surface area (Å²) >= 11 is 0. The first-order valence-corrected chi connectivity index (χ1v) is 9.60. The third-order valence-corrected chi connectivity index (χ3v) is 5.62. The zero-order valence-electron chi connectivity index (χ0n) is 15.4. The Bertz CT molecular complexity index is 617. The first-order valence-electron chi connectivity index (χ1n) is 9.60. The molecule has 144 valence electrons. The molecule has 0 radical (unpaired) electrons. The van der Waals surface area contributed by atoms with Crippen molar-refractivity contribution >= 4 is 5.91 Å². The Hall–Kier alpha value is -1.53. The first-order chi connectivity index (χ1) is 12.4. The second-order valence-corrected chi connectivity index (χ2v) is 7.69. The van der Waals surface area contributed by atoms with Gasteiger partial charge in [-0.05, 0) is 31.0 Å². The normalized spacial score (nSPS) is 23.3. The molecule has 1 atom stereocenters. The van der Waals surface area contributed by atoms with E-state index in [2.05, 4.69) is 28.6 Å². The van der Waals surface area contributed by atoms with Crippen LogP contribution in [-0.4, -0.2) is 42.4 Å². The maximum Gasteiger partial charge on any atom is 0.262 e. The van der Waals surface area contributed by atoms with E-state index in [-0.39, 0.29) is 5.91 Å². The average molecular weight is 365 g/mol. The van der Waals surface area contributed by atoms with Gasteiger partial charge in [0, 0.05) is 25.6 Å². The molecule has 4 nitrogen and oxygen atoms in total. The Kier molecular flexibility index (Phi) is 6.24. The first kappa shape index (κ1) is 19.2. The van der Waals surface area contributed by atoms with Crippen molar-refractivity contribution in [1.29, 1.82) is 0 Å². The molecule has 3 rings (SSSR count). The van der Waals surface area contributed by atoms with Crippen LogP contribution in [0.3, 0.4) is 0 Å². The largest absolute Gasteiger partial charge is 0.351 e. The molecule has 2 N–H and O–H groups in total. The fourth-order valence-electron chi connectivity index (χ4n) is 4.01. The highest BCUT2D eigenvalue weighted by Crippen LogP contribution is 2.25. The average Bonchev–Trinajstić information content (AvgIpc) is 3.01. The topological polar surface area (TPSA) is 44.4 Å². The van der Waals surface area contributed by atoms with Crippen LogP contribution in [0.1, 0.15) is 49.7 Å². The minimum atomic E-state index is -2.79. The maximum atomic E-state index is 13.3. The Balaban J connectivity index is 1.56. The van der Waals surface area contributed by atoms with E-state index in [0.717, 1.165) is 12.1 Å². The third-order valence-electron chi connectivity index (χ3n) is 5.62. The van der Waals surface area contributed by atoms with Crippen LogP contribution in [-0.2, 0) is 17.9 Å². The molecule has 1 saturated heterocycles. The van der Waals surface area contributed by atoms with Gasteiger partial charge < -0.3 is 5.32 Å². The molecular weight excluding hydrogens is 336 g/mol. The number of nitrogens with one attached hydrogen (secondary N) is 2. The molecule has 1 saturated carbocycles. The summed E-state index contributed by atoms with van der Waals surface area (Å²) in [4.78, 5) is 14.6. The van der Waals surface area contributed by atoms with E-state index < -0.39 is 24.9 Å². The molecule has 1 aliphatic carbocycles. The van der Waals surface area contributed by atoms with Crippen molar-refractivity contribution in [2.75, 3.05) is 13.6 Å². The number of alkyl halides is 2. The SMILES string of the molecule is CN(Cc1ccccc1CNC(=O)C1CC(F)(F)CN1)C1CCCCC1. The quantitative estimate of drug-likeness (QED) is 0.814. The molecule has 1 amide bonds. The number of benzene rings is 1. The molecule has 2 fully saturated rings. The summed E-state index contributed by atoms with van der Waals surface area (Å²) in [6.07, 6.45) is 6.00. The monoisotopic (exact) mass is 365 g/mol. The summed E-state index contributed by atoms with van der Waals surface area (Å²) in [7, 11) is 2.16. The van der Waals surface area contributed by atoms with Crippen molar-refractivity contribution in [3.05, 3.63) is 35.4 Å². The number of hydrogen-bond acceptors (Lipinski definition) is 3. The Morgan fingerprint density at radius 1 is 1.23 bits per heavy atom. The van der Waals surface area contributed by atoms with E-state index in [0.29, 0.717) is 12.6 Å². The predicted molar refractivity (Wildman–Crippen MR) is 98.0 cm³/mol. The van der Waals surface area contributed by atoms with Gasteiger partial charge in [0.25, 0.3) is 5.92 Å². The van der Waals surface area contributed by atoms with Crippen LogP contribution < -0.4 is 10.6 Å². The van der Waals surface area contributed by atoms with E-state index in [9.17, 15) is 13.6 Å². The van der Waals surface area contributed by atoms with Crippen molar-refractivity contribution in [2.24, 2.45) is 0 Å². The molecule has 1 heterocycles. The lowest BCUT2D eigenvalue weighted by atomic mass is 9.94. The number of carbonyl (C=O) groups is 1. The lowest BCUT2D eigenvalue weighted by Gasteiger charge is -2.31. The van der Waals surface area contributed by atoms with Crippen molar-refractivity contribution in [3.8, 4) is 0 Å². The van der Waals surface area contributed by atoms with Gasteiger partial charge in [0.05, 0.1) is 12.6 Å². The smallest absolute Gasteiger partial charge is 0.262 e. The van der Waals surface area contributed by atoms with Crippen LogP contribution in [0.4, 0.5) is 8.78 Å². The number of nitrogens with zero attached hydrogens (tertiary/aromatic N) is 1. The highest BCUT2D eigenvalue weighted by molar-refractivity contribution is 5.82. The summed E-state index contributed by atoms with van der Waals surface area (Å²) in [5, 5.41) is 5.42. The fourth-order valence-corrected chi connectivity index (χ4v) is 4.01. The van der Waals surface area contributed by atoms with Gasteiger partial charge in [-0.2, -0.15) is 0 Å². The highest BCUT2D eigenvalue weighted by Gasteiger charge is 2.42. The van der Waals surface area contributed by atoms with Gasteiger partial charge in [0.2, 0.25) is 5.91 Å². The number of carbonyl (C=O) groups excluding carboxylic acids is 1. The molecule has 1 aromatic rings. The standard InChI is InChI=1S/C20H29F2N3O/c1-25(17-9-3-2-4-10-17)13-16-8-6-5-7-15(16)12-23-19(26)18-11-20(21,22)14-24-18/h5-8,17-18,24H,2-4,9-14H2,1H3,(H,23,26). The maximum absolute atomic E-state index is 13.3. The third kappa shape index (κ3) is 5.01. The summed E-state index contributed by atoms with van der Waals surface area (Å²) in [5.41, 5.74) is 2.24. The van der Waals surface area contributed by atoms with Gasteiger partial charge in [0.1, 0.15) is 0 Å². The van der Waals surface area contributed by atoms with Gasteiger partial charge in [-0.1, -0.05) is 43.5 Å². The molecule has 0 spiro atoms. The van der Waals surface area contributed by atoms with Crippen LogP contribution in [0.25, 0.3) is 0 Å². The van der Waals surface area contributed by atoms with E-state index in [1.807, 2.05) is 18.2 Å². The van der Waals surface area contributed by atoms with E-state index in [1.54, 1.807) is 0 Å². The number of rotatable bonds is 6. The van der Waals surface area contributed by atoms with Crippen molar-refractivity contribution in [1.82, 2.24) is 15.5 Å². The minimum Gasteiger partial charge on any atom is -0.351 e. The van der Waals surface area contributed by atoms with Crippen LogP contribution in [0.15, 0.2) is 24.3 Å². The Labute approximate surface area is 154 Å². The van der Waals surface area contributed by atoms with Crippen LogP contribution in [0, 0.1) is 0 Å². The zero-order valence-corrected chi connectivity index (χ0v) is 15.4. The van der Waals surface area contributed by atoms with Gasteiger partial charge >= 0.3 is 0 Å². The van der Waals surface area contributed by atoms with Crippen LogP contribution >= 0.6 is 0 Å². The second-order valence-electron chi connectivity index (χ2n) is 7.69. The molecule has 1 aliphatic heterocycles. The zero-order chi connectivity index (χ0) is 18.6. The number of amides is 1. The molecule has 0 aromatic heterocycles. The molecular formula is C20H29F2N3O. The minimum absolute atomic E-state index is 0.349. The van der Waals surface area contributed by atoms with Crippen molar-refractivity contribution < 1.29 is 13.6 Å². The molecule has 2 aliphatic rings. The van der Waals surface area contributed by atoms with E-state index in [1.165, 1.54) is 37.7 Å². The molecule has 0 bridgehead atoms. The molecule has 26 heavy (non-hydrogen) atoms. The summed E-state index contributed by atoms with van der Waals surface area (Å²) in [6, 6.07) is 7.87. The lowest BCUT2D eigenvalue weighted by molar-refractivity contribution is -0.123. The van der Waals surface area contributed by atoms with Gasteiger partial charge in [0.15, 0.2) is 0 Å². The van der Waals surface area contributed by atoms with Gasteiger partial charge in [-0.15, -0.1) is 0 Å². The second kappa shape index (κ2) is 8.44. The van der Waals surface area contributed by atoms with Crippen LogP contribution in [0.5, 0.6) is 0 Å². The number of hydrogen-bond donors (Lipinski definition) is 2. The Morgan fingerprint density at radius 3 is 2.58 bits per heavy atom. The fraction of sp³-hybridized carbons (Fsp3) is 0.650. The van der Waals surface area contributed by atoms with Crippen molar-refractivity contribution in [2.45, 2.75) is 69.6 Å². The van der Waals surface area contributed by atoms with Gasteiger partial charge in [-0.25, -0.2) is 8.78 Å². The Morgan fingerprint density at radius 2 is 1.92 bits per heavy atom. The van der Waals surface area contributed by atoms with Crippen LogP contribution in [0.2, 0.25) is 0 Å². The van der Waals surface area contributed by atoms with E-state index >= 15 is 0 Å². The summed E-state index contributed by atoms with van der Waals surface area (Å²) < 4.78 is 26.5. The summed E-state index contributed by atoms with van der Waals surface area (Å²) in [6.45, 7) is 0.793. The number of halogens is 2. The molecule has 6 heteroatoms. The summed E-state index contributed by atoms with van der Waals surface area (Å²) in [5.74, 6) is -3.14.